The van der Waals surface area contributed by atoms with Gasteiger partial charge in [-0.05, 0) is 48.7 Å². The van der Waals surface area contributed by atoms with E-state index in [0.29, 0.717) is 19.4 Å². The van der Waals surface area contributed by atoms with Gasteiger partial charge < -0.3 is 10.6 Å². The predicted molar refractivity (Wildman–Crippen MR) is 107 cm³/mol. The summed E-state index contributed by atoms with van der Waals surface area (Å²) >= 11 is 0. The molecule has 30 heavy (non-hydrogen) atoms. The Labute approximate surface area is 174 Å². The zero-order valence-corrected chi connectivity index (χ0v) is 17.1. The van der Waals surface area contributed by atoms with Crippen LogP contribution in [0.5, 0.6) is 0 Å². The molecule has 2 N–H and O–H groups in total. The Morgan fingerprint density at radius 1 is 1.17 bits per heavy atom. The van der Waals surface area contributed by atoms with Crippen molar-refractivity contribution in [1.82, 2.24) is 19.9 Å². The molecule has 1 aromatic carbocycles. The van der Waals surface area contributed by atoms with Crippen LogP contribution < -0.4 is 10.6 Å². The molecule has 2 heterocycles. The Balaban J connectivity index is 1.51. The second-order valence-electron chi connectivity index (χ2n) is 7.01. The van der Waals surface area contributed by atoms with E-state index in [4.69, 9.17) is 0 Å². The topological polar surface area (TPSA) is 108 Å². The Morgan fingerprint density at radius 2 is 1.93 bits per heavy atom. The SMILES string of the molecule is O=C(CNC(=O)[C@@H]1CCCN(S(=O)(=O)c2ccc(F)cc2)C1)NCc1cccnc1. The minimum atomic E-state index is -3.81. The van der Waals surface area contributed by atoms with Gasteiger partial charge in [-0.15, -0.1) is 0 Å². The molecule has 10 heteroatoms. The Kier molecular flexibility index (Phi) is 7.11. The first-order valence-corrected chi connectivity index (χ1v) is 11.0. The first kappa shape index (κ1) is 21.8. The van der Waals surface area contributed by atoms with Crippen LogP contribution in [0.4, 0.5) is 4.39 Å². The highest BCUT2D eigenvalue weighted by molar-refractivity contribution is 7.89. The van der Waals surface area contributed by atoms with E-state index < -0.39 is 21.8 Å². The van der Waals surface area contributed by atoms with Gasteiger partial charge in [-0.3, -0.25) is 14.6 Å². The zero-order chi connectivity index (χ0) is 21.6. The average Bonchev–Trinajstić information content (AvgIpc) is 2.77. The van der Waals surface area contributed by atoms with Crippen molar-refractivity contribution in [3.05, 3.63) is 60.2 Å². The third kappa shape index (κ3) is 5.61. The van der Waals surface area contributed by atoms with Crippen LogP contribution in [0, 0.1) is 11.7 Å². The van der Waals surface area contributed by atoms with Crippen molar-refractivity contribution in [2.45, 2.75) is 24.3 Å². The number of nitrogens with one attached hydrogen (secondary N) is 2. The number of benzene rings is 1. The molecule has 1 aliphatic rings. The molecule has 2 amide bonds. The maximum absolute atomic E-state index is 13.1. The normalized spacial score (nSPS) is 17.3. The summed E-state index contributed by atoms with van der Waals surface area (Å²) < 4.78 is 39.8. The lowest BCUT2D eigenvalue weighted by molar-refractivity contribution is -0.129. The Morgan fingerprint density at radius 3 is 2.63 bits per heavy atom. The molecule has 0 saturated carbocycles. The van der Waals surface area contributed by atoms with Crippen LogP contribution in [-0.2, 0) is 26.2 Å². The minimum Gasteiger partial charge on any atom is -0.350 e. The van der Waals surface area contributed by atoms with Gasteiger partial charge in [-0.25, -0.2) is 12.8 Å². The van der Waals surface area contributed by atoms with Crippen molar-refractivity contribution in [2.75, 3.05) is 19.6 Å². The lowest BCUT2D eigenvalue weighted by Gasteiger charge is -2.31. The highest BCUT2D eigenvalue weighted by atomic mass is 32.2. The van der Waals surface area contributed by atoms with E-state index in [1.165, 1.54) is 16.4 Å². The maximum Gasteiger partial charge on any atom is 0.243 e. The lowest BCUT2D eigenvalue weighted by Crippen LogP contribution is -2.47. The predicted octanol–water partition coefficient (Wildman–Crippen LogP) is 1.05. The van der Waals surface area contributed by atoms with Crippen molar-refractivity contribution < 1.29 is 22.4 Å². The largest absolute Gasteiger partial charge is 0.350 e. The Hall–Kier alpha value is -2.85. The second kappa shape index (κ2) is 9.77. The molecule has 0 radical (unpaired) electrons. The van der Waals surface area contributed by atoms with Crippen LogP contribution in [-0.4, -0.2) is 49.2 Å². The van der Waals surface area contributed by atoms with Crippen molar-refractivity contribution in [3.8, 4) is 0 Å². The molecule has 8 nitrogen and oxygen atoms in total. The number of carbonyl (C=O) groups is 2. The molecule has 0 spiro atoms. The van der Waals surface area contributed by atoms with Crippen LogP contribution in [0.15, 0.2) is 53.7 Å². The number of nitrogens with zero attached hydrogens (tertiary/aromatic N) is 2. The van der Waals surface area contributed by atoms with Gasteiger partial charge in [0.1, 0.15) is 5.82 Å². The minimum absolute atomic E-state index is 0.0141. The molecule has 1 atom stereocenters. The Bertz CT molecular complexity index is 984. The van der Waals surface area contributed by atoms with Gasteiger partial charge in [0.15, 0.2) is 0 Å². The summed E-state index contributed by atoms with van der Waals surface area (Å²) in [6, 6.07) is 8.18. The summed E-state index contributed by atoms with van der Waals surface area (Å²) in [5.41, 5.74) is 0.839. The number of amides is 2. The number of piperidine rings is 1. The van der Waals surface area contributed by atoms with E-state index in [-0.39, 0.29) is 36.3 Å². The second-order valence-corrected chi connectivity index (χ2v) is 8.95. The van der Waals surface area contributed by atoms with Crippen LogP contribution in [0.1, 0.15) is 18.4 Å². The van der Waals surface area contributed by atoms with Gasteiger partial charge in [0.2, 0.25) is 21.8 Å². The molecule has 1 fully saturated rings. The van der Waals surface area contributed by atoms with E-state index in [1.54, 1.807) is 18.5 Å². The smallest absolute Gasteiger partial charge is 0.243 e. The number of rotatable bonds is 7. The summed E-state index contributed by atoms with van der Waals surface area (Å²) in [7, 11) is -3.81. The summed E-state index contributed by atoms with van der Waals surface area (Å²) in [5, 5.41) is 5.26. The standard InChI is InChI=1S/C20H23FN4O4S/c21-17-5-7-18(8-6-17)30(28,29)25-10-2-4-16(14-25)20(27)24-13-19(26)23-12-15-3-1-9-22-11-15/h1,3,5-9,11,16H,2,4,10,12-14H2,(H,23,26)(H,24,27)/t16-/m1/s1. The van der Waals surface area contributed by atoms with E-state index in [0.717, 1.165) is 17.7 Å². The monoisotopic (exact) mass is 434 g/mol. The molecule has 2 aromatic rings. The van der Waals surface area contributed by atoms with Crippen LogP contribution >= 0.6 is 0 Å². The van der Waals surface area contributed by atoms with E-state index in [2.05, 4.69) is 15.6 Å². The van der Waals surface area contributed by atoms with Crippen molar-refractivity contribution >= 4 is 21.8 Å². The maximum atomic E-state index is 13.1. The summed E-state index contributed by atoms with van der Waals surface area (Å²) in [5.74, 6) is -1.80. The number of hydrogen-bond donors (Lipinski definition) is 2. The van der Waals surface area contributed by atoms with Crippen LogP contribution in [0.25, 0.3) is 0 Å². The van der Waals surface area contributed by atoms with Gasteiger partial charge in [0, 0.05) is 32.0 Å². The average molecular weight is 434 g/mol. The number of aromatic nitrogens is 1. The van der Waals surface area contributed by atoms with Gasteiger partial charge in [-0.2, -0.15) is 4.31 Å². The van der Waals surface area contributed by atoms with Gasteiger partial charge in [-0.1, -0.05) is 6.07 Å². The third-order valence-corrected chi connectivity index (χ3v) is 6.72. The fourth-order valence-corrected chi connectivity index (χ4v) is 4.73. The molecule has 1 aliphatic heterocycles. The quantitative estimate of drug-likeness (QED) is 0.677. The molecule has 0 bridgehead atoms. The van der Waals surface area contributed by atoms with Crippen LogP contribution in [0.3, 0.4) is 0 Å². The number of carbonyl (C=O) groups excluding carboxylic acids is 2. The lowest BCUT2D eigenvalue weighted by atomic mass is 9.99. The molecule has 0 aliphatic carbocycles. The molecular weight excluding hydrogens is 411 g/mol. The van der Waals surface area contributed by atoms with E-state index >= 15 is 0 Å². The molecular formula is C20H23FN4O4S. The van der Waals surface area contributed by atoms with E-state index in [1.807, 2.05) is 6.07 Å². The number of halogens is 1. The molecule has 3 rings (SSSR count). The zero-order valence-electron chi connectivity index (χ0n) is 16.3. The summed E-state index contributed by atoms with van der Waals surface area (Å²) in [4.78, 5) is 28.4. The molecule has 1 aromatic heterocycles. The molecule has 1 saturated heterocycles. The van der Waals surface area contributed by atoms with Gasteiger partial charge >= 0.3 is 0 Å². The first-order valence-electron chi connectivity index (χ1n) is 9.55. The van der Waals surface area contributed by atoms with Crippen LogP contribution in [0.2, 0.25) is 0 Å². The number of hydrogen-bond acceptors (Lipinski definition) is 5. The van der Waals surface area contributed by atoms with Crippen molar-refractivity contribution in [3.63, 3.8) is 0 Å². The van der Waals surface area contributed by atoms with Crippen molar-refractivity contribution in [1.29, 1.82) is 0 Å². The summed E-state index contributed by atoms with van der Waals surface area (Å²) in [6.07, 6.45) is 4.32. The number of pyridine rings is 1. The summed E-state index contributed by atoms with van der Waals surface area (Å²) in [6.45, 7) is 0.411. The van der Waals surface area contributed by atoms with Gasteiger partial charge in [0.05, 0.1) is 17.4 Å². The third-order valence-electron chi connectivity index (χ3n) is 4.84. The molecule has 0 unspecified atom stereocenters. The first-order chi connectivity index (χ1) is 14.4. The highest BCUT2D eigenvalue weighted by Gasteiger charge is 2.33. The number of sulfonamides is 1. The van der Waals surface area contributed by atoms with Crippen molar-refractivity contribution in [2.24, 2.45) is 5.92 Å². The highest BCUT2D eigenvalue weighted by Crippen LogP contribution is 2.24. The van der Waals surface area contributed by atoms with Gasteiger partial charge in [0.25, 0.3) is 0 Å². The fourth-order valence-electron chi connectivity index (χ4n) is 3.21. The fraction of sp³-hybridized carbons (Fsp3) is 0.350. The van der Waals surface area contributed by atoms with E-state index in [9.17, 15) is 22.4 Å². The molecule has 160 valence electrons.